The smallest absolute Gasteiger partial charge is 0.266 e. The van der Waals surface area contributed by atoms with Crippen LogP contribution in [0.4, 0.5) is 0 Å². The van der Waals surface area contributed by atoms with Crippen molar-refractivity contribution in [1.29, 1.82) is 0 Å². The van der Waals surface area contributed by atoms with Gasteiger partial charge in [0.2, 0.25) is 0 Å². The lowest BCUT2D eigenvalue weighted by Crippen LogP contribution is -2.30. The molecular weight excluding hydrogens is 510 g/mol. The van der Waals surface area contributed by atoms with E-state index in [1.165, 1.54) is 11.8 Å². The summed E-state index contributed by atoms with van der Waals surface area (Å²) >= 11 is 6.99. The molecule has 0 radical (unpaired) electrons. The fourth-order valence-corrected chi connectivity index (χ4v) is 5.86. The third kappa shape index (κ3) is 5.30. The van der Waals surface area contributed by atoms with Gasteiger partial charge < -0.3 is 4.74 Å². The van der Waals surface area contributed by atoms with Crippen molar-refractivity contribution in [2.24, 2.45) is 0 Å². The molecule has 1 atom stereocenters. The molecule has 0 bridgehead atoms. The molecule has 0 spiro atoms. The summed E-state index contributed by atoms with van der Waals surface area (Å²) in [5.41, 5.74) is 5.59. The molecule has 1 fully saturated rings. The zero-order chi connectivity index (χ0) is 26.8. The van der Waals surface area contributed by atoms with Gasteiger partial charge in [-0.3, -0.25) is 9.69 Å². The highest BCUT2D eigenvalue weighted by Crippen LogP contribution is 2.39. The first kappa shape index (κ1) is 25.9. The predicted molar refractivity (Wildman–Crippen MR) is 159 cm³/mol. The Kier molecular flexibility index (Phi) is 7.49. The van der Waals surface area contributed by atoms with Crippen LogP contribution in [0.1, 0.15) is 43.5 Å². The lowest BCUT2D eigenvalue weighted by molar-refractivity contribution is -0.123. The van der Waals surface area contributed by atoms with Crippen LogP contribution in [0.2, 0.25) is 0 Å². The minimum Gasteiger partial charge on any atom is -0.491 e. The van der Waals surface area contributed by atoms with E-state index in [-0.39, 0.29) is 18.1 Å². The number of thiocarbonyl (C=S) groups is 1. The Morgan fingerprint density at radius 3 is 2.32 bits per heavy atom. The summed E-state index contributed by atoms with van der Waals surface area (Å²) in [6.07, 6.45) is 3.96. The maximum atomic E-state index is 13.6. The highest BCUT2D eigenvalue weighted by atomic mass is 32.2. The van der Waals surface area contributed by atoms with E-state index in [9.17, 15) is 4.79 Å². The maximum absolute atomic E-state index is 13.6. The van der Waals surface area contributed by atoms with Crippen LogP contribution in [0.25, 0.3) is 23.0 Å². The van der Waals surface area contributed by atoms with Crippen LogP contribution in [0, 0.1) is 6.92 Å². The number of thioether (sulfide) groups is 1. The molecule has 7 heteroatoms. The van der Waals surface area contributed by atoms with Crippen molar-refractivity contribution < 1.29 is 9.53 Å². The molecule has 192 valence electrons. The molecule has 1 aliphatic heterocycles. The van der Waals surface area contributed by atoms with E-state index < -0.39 is 0 Å². The number of benzene rings is 3. The van der Waals surface area contributed by atoms with Crippen molar-refractivity contribution in [2.75, 3.05) is 0 Å². The summed E-state index contributed by atoms with van der Waals surface area (Å²) in [4.78, 5) is 15.9. The number of hydrogen-bond donors (Lipinski definition) is 0. The molecule has 0 unspecified atom stereocenters. The Morgan fingerprint density at radius 2 is 1.66 bits per heavy atom. The number of amides is 1. The van der Waals surface area contributed by atoms with E-state index in [2.05, 4.69) is 6.07 Å². The molecule has 38 heavy (non-hydrogen) atoms. The molecular formula is C31H29N3O2S2. The first-order chi connectivity index (χ1) is 18.3. The molecule has 1 aliphatic rings. The topological polar surface area (TPSA) is 47.4 Å². The number of aromatic nitrogens is 2. The average molecular weight is 540 g/mol. The summed E-state index contributed by atoms with van der Waals surface area (Å²) in [5, 5.41) is 4.93. The number of hydrogen-bond acceptors (Lipinski definition) is 5. The lowest BCUT2D eigenvalue weighted by atomic mass is 10.0. The number of carbonyl (C=O) groups excluding carboxylic acids is 1. The quantitative estimate of drug-likeness (QED) is 0.179. The van der Waals surface area contributed by atoms with Crippen LogP contribution in [-0.2, 0) is 4.79 Å². The summed E-state index contributed by atoms with van der Waals surface area (Å²) in [6, 6.07) is 25.8. The Hall–Kier alpha value is -3.68. The highest BCUT2D eigenvalue weighted by Gasteiger charge is 2.36. The van der Waals surface area contributed by atoms with E-state index in [0.717, 1.165) is 39.4 Å². The lowest BCUT2D eigenvalue weighted by Gasteiger charge is -2.23. The standard InChI is InChI=1S/C31H29N3O2S2/c1-20(2)36-27-16-15-24(17-21(27)3)29-25(19-33(32-29)26-13-9-6-10-14-26)18-28-30(35)34(31(37)38-28)22(4)23-11-7-5-8-12-23/h5-20,22H,1-4H3/b28-18-/t22-/m1/s1. The van der Waals surface area contributed by atoms with Gasteiger partial charge in [-0.1, -0.05) is 72.5 Å². The first-order valence-corrected chi connectivity index (χ1v) is 13.8. The molecule has 0 saturated carbocycles. The van der Waals surface area contributed by atoms with Gasteiger partial charge in [0.1, 0.15) is 15.8 Å². The average Bonchev–Trinajstić information content (AvgIpc) is 3.46. The Balaban J connectivity index is 1.55. The second-order valence-electron chi connectivity index (χ2n) is 9.50. The van der Waals surface area contributed by atoms with Gasteiger partial charge in [0.25, 0.3) is 5.91 Å². The zero-order valence-corrected chi connectivity index (χ0v) is 23.4. The molecule has 1 saturated heterocycles. The molecule has 1 amide bonds. The zero-order valence-electron chi connectivity index (χ0n) is 21.8. The van der Waals surface area contributed by atoms with Gasteiger partial charge in [-0.25, -0.2) is 4.68 Å². The van der Waals surface area contributed by atoms with Gasteiger partial charge in [0.05, 0.1) is 22.7 Å². The summed E-state index contributed by atoms with van der Waals surface area (Å²) < 4.78 is 8.35. The first-order valence-electron chi connectivity index (χ1n) is 12.6. The molecule has 0 N–H and O–H groups in total. The van der Waals surface area contributed by atoms with Crippen LogP contribution < -0.4 is 4.74 Å². The summed E-state index contributed by atoms with van der Waals surface area (Å²) in [7, 11) is 0. The SMILES string of the molecule is Cc1cc(-c2nn(-c3ccccc3)cc2/C=C2\SC(=S)N([C@H](C)c3ccccc3)C2=O)ccc1OC(C)C. The normalized spacial score (nSPS) is 15.5. The summed E-state index contributed by atoms with van der Waals surface area (Å²) in [6.45, 7) is 8.07. The summed E-state index contributed by atoms with van der Waals surface area (Å²) in [5.74, 6) is 0.759. The van der Waals surface area contributed by atoms with Crippen molar-refractivity contribution in [3.05, 3.63) is 107 Å². The maximum Gasteiger partial charge on any atom is 0.266 e. The number of rotatable bonds is 7. The van der Waals surface area contributed by atoms with Gasteiger partial charge in [-0.2, -0.15) is 5.10 Å². The van der Waals surface area contributed by atoms with Gasteiger partial charge in [0.15, 0.2) is 0 Å². The third-order valence-corrected chi connectivity index (χ3v) is 7.68. The van der Waals surface area contributed by atoms with Gasteiger partial charge >= 0.3 is 0 Å². The van der Waals surface area contributed by atoms with Crippen molar-refractivity contribution in [2.45, 2.75) is 39.8 Å². The molecule has 5 nitrogen and oxygen atoms in total. The van der Waals surface area contributed by atoms with Crippen molar-refractivity contribution in [3.8, 4) is 22.7 Å². The minimum absolute atomic E-state index is 0.0904. The number of nitrogens with zero attached hydrogens (tertiary/aromatic N) is 3. The van der Waals surface area contributed by atoms with E-state index in [0.29, 0.717) is 9.23 Å². The Morgan fingerprint density at radius 1 is 0.974 bits per heavy atom. The molecule has 4 aromatic rings. The van der Waals surface area contributed by atoms with Crippen LogP contribution in [0.5, 0.6) is 5.75 Å². The second kappa shape index (κ2) is 11.0. The van der Waals surface area contributed by atoms with Gasteiger partial charge in [-0.05, 0) is 75.2 Å². The highest BCUT2D eigenvalue weighted by molar-refractivity contribution is 8.26. The van der Waals surface area contributed by atoms with Crippen molar-refractivity contribution in [3.63, 3.8) is 0 Å². The Bertz CT molecular complexity index is 1510. The van der Waals surface area contributed by atoms with Crippen molar-refractivity contribution >= 4 is 40.3 Å². The fourth-order valence-electron chi connectivity index (χ4n) is 4.45. The molecule has 0 aliphatic carbocycles. The van der Waals surface area contributed by atoms with Crippen molar-refractivity contribution in [1.82, 2.24) is 14.7 Å². The molecule has 2 heterocycles. The van der Waals surface area contributed by atoms with Gasteiger partial charge in [0, 0.05) is 17.3 Å². The van der Waals surface area contributed by atoms with Crippen LogP contribution >= 0.6 is 24.0 Å². The molecule has 1 aromatic heterocycles. The molecule has 5 rings (SSSR count). The Labute approximate surface area is 233 Å². The van der Waals surface area contributed by atoms with E-state index in [1.54, 1.807) is 4.90 Å². The van der Waals surface area contributed by atoms with E-state index >= 15 is 0 Å². The number of ether oxygens (including phenoxy) is 1. The van der Waals surface area contributed by atoms with Crippen LogP contribution in [-0.4, -0.2) is 31.0 Å². The second-order valence-corrected chi connectivity index (χ2v) is 11.2. The number of para-hydroxylation sites is 1. The predicted octanol–water partition coefficient (Wildman–Crippen LogP) is 7.60. The molecule has 3 aromatic carbocycles. The largest absolute Gasteiger partial charge is 0.491 e. The number of aryl methyl sites for hydroxylation is 1. The fraction of sp³-hybridized carbons (Fsp3) is 0.194. The third-order valence-electron chi connectivity index (χ3n) is 6.35. The van der Waals surface area contributed by atoms with Gasteiger partial charge in [-0.15, -0.1) is 0 Å². The minimum atomic E-state index is -0.155. The monoisotopic (exact) mass is 539 g/mol. The number of carbonyl (C=O) groups is 1. The van der Waals surface area contributed by atoms with Crippen LogP contribution in [0.15, 0.2) is 90.0 Å². The van der Waals surface area contributed by atoms with E-state index in [4.69, 9.17) is 22.1 Å². The van der Waals surface area contributed by atoms with E-state index in [1.807, 2.05) is 117 Å². The van der Waals surface area contributed by atoms with Crippen LogP contribution in [0.3, 0.4) is 0 Å².